The van der Waals surface area contributed by atoms with Crippen LogP contribution in [0.15, 0.2) is 24.3 Å². The van der Waals surface area contributed by atoms with Gasteiger partial charge in [0.2, 0.25) is 0 Å². The van der Waals surface area contributed by atoms with E-state index in [0.29, 0.717) is 11.8 Å². The Labute approximate surface area is 129 Å². The molecule has 0 aliphatic heterocycles. The van der Waals surface area contributed by atoms with Crippen molar-refractivity contribution < 1.29 is 4.39 Å². The summed E-state index contributed by atoms with van der Waals surface area (Å²) in [6.07, 6.45) is 7.37. The van der Waals surface area contributed by atoms with Gasteiger partial charge in [0.05, 0.1) is 0 Å². The molecule has 1 fully saturated rings. The molecule has 1 saturated carbocycles. The Balaban J connectivity index is 2.03. The van der Waals surface area contributed by atoms with Crippen LogP contribution in [0.2, 0.25) is 0 Å². The number of benzene rings is 1. The fourth-order valence-electron chi connectivity index (χ4n) is 3.38. The zero-order chi connectivity index (χ0) is 15.3. The van der Waals surface area contributed by atoms with Gasteiger partial charge in [-0.15, -0.1) is 0 Å². The summed E-state index contributed by atoms with van der Waals surface area (Å²) in [7, 11) is 0. The van der Waals surface area contributed by atoms with Crippen LogP contribution in [0.1, 0.15) is 58.4 Å². The molecule has 0 heterocycles. The topological polar surface area (TPSA) is 12.0 Å². The summed E-state index contributed by atoms with van der Waals surface area (Å²) in [5, 5.41) is 3.66. The highest BCUT2D eigenvalue weighted by Gasteiger charge is 2.25. The highest BCUT2D eigenvalue weighted by molar-refractivity contribution is 5.18. The summed E-state index contributed by atoms with van der Waals surface area (Å²) in [5.41, 5.74) is 1.06. The van der Waals surface area contributed by atoms with Gasteiger partial charge >= 0.3 is 0 Å². The van der Waals surface area contributed by atoms with Crippen LogP contribution in [-0.2, 0) is 6.42 Å². The van der Waals surface area contributed by atoms with Crippen LogP contribution in [0.3, 0.4) is 0 Å². The predicted molar refractivity (Wildman–Crippen MR) is 87.9 cm³/mol. The standard InChI is InChI=1S/C19H30FN/c1-19(2,3)21-14-17-11-6-4-5-9-15(17)13-16-10-7-8-12-18(16)20/h7-8,10,12,15,17,21H,4-6,9,11,13-14H2,1-3H3. The highest BCUT2D eigenvalue weighted by Crippen LogP contribution is 2.32. The lowest BCUT2D eigenvalue weighted by atomic mass is 9.82. The first-order valence-corrected chi connectivity index (χ1v) is 8.44. The van der Waals surface area contributed by atoms with Gasteiger partial charge in [0.25, 0.3) is 0 Å². The lowest BCUT2D eigenvalue weighted by Gasteiger charge is -2.30. The maximum Gasteiger partial charge on any atom is 0.126 e. The molecule has 0 amide bonds. The Hall–Kier alpha value is -0.890. The predicted octanol–water partition coefficient (Wildman–Crippen LogP) is 4.95. The number of halogens is 1. The van der Waals surface area contributed by atoms with Crippen LogP contribution < -0.4 is 5.32 Å². The van der Waals surface area contributed by atoms with Crippen LogP contribution in [-0.4, -0.2) is 12.1 Å². The molecule has 0 aromatic heterocycles. The molecule has 0 saturated heterocycles. The second-order valence-corrected chi connectivity index (χ2v) is 7.58. The molecule has 0 bridgehead atoms. The maximum absolute atomic E-state index is 13.9. The fourth-order valence-corrected chi connectivity index (χ4v) is 3.38. The molecule has 0 radical (unpaired) electrons. The molecule has 21 heavy (non-hydrogen) atoms. The largest absolute Gasteiger partial charge is 0.312 e. The minimum atomic E-state index is -0.0377. The van der Waals surface area contributed by atoms with E-state index in [4.69, 9.17) is 0 Å². The molecule has 1 N–H and O–H groups in total. The van der Waals surface area contributed by atoms with E-state index in [9.17, 15) is 4.39 Å². The average Bonchev–Trinajstić information content (AvgIpc) is 2.63. The van der Waals surface area contributed by atoms with Gasteiger partial charge in [-0.1, -0.05) is 37.5 Å². The number of rotatable bonds is 4. The average molecular weight is 291 g/mol. The second-order valence-electron chi connectivity index (χ2n) is 7.58. The minimum absolute atomic E-state index is 0.0377. The van der Waals surface area contributed by atoms with Crippen LogP contribution in [0, 0.1) is 17.7 Å². The number of nitrogens with one attached hydrogen (secondary N) is 1. The smallest absolute Gasteiger partial charge is 0.126 e. The highest BCUT2D eigenvalue weighted by atomic mass is 19.1. The van der Waals surface area contributed by atoms with Crippen LogP contribution in [0.5, 0.6) is 0 Å². The van der Waals surface area contributed by atoms with Crippen molar-refractivity contribution in [2.45, 2.75) is 64.8 Å². The van der Waals surface area contributed by atoms with Crippen molar-refractivity contribution in [2.24, 2.45) is 11.8 Å². The van der Waals surface area contributed by atoms with E-state index in [2.05, 4.69) is 26.1 Å². The molecule has 2 unspecified atom stereocenters. The maximum atomic E-state index is 13.9. The lowest BCUT2D eigenvalue weighted by Crippen LogP contribution is -2.41. The third-order valence-electron chi connectivity index (χ3n) is 4.65. The number of hydrogen-bond acceptors (Lipinski definition) is 1. The van der Waals surface area contributed by atoms with Gasteiger partial charge in [-0.05, 0) is 70.0 Å². The van der Waals surface area contributed by atoms with Gasteiger partial charge in [-0.2, -0.15) is 0 Å². The first-order chi connectivity index (χ1) is 9.96. The van der Waals surface area contributed by atoms with Crippen molar-refractivity contribution in [3.05, 3.63) is 35.6 Å². The first-order valence-electron chi connectivity index (χ1n) is 8.44. The van der Waals surface area contributed by atoms with E-state index in [1.54, 1.807) is 12.1 Å². The van der Waals surface area contributed by atoms with Crippen molar-refractivity contribution in [1.82, 2.24) is 5.32 Å². The molecule has 2 rings (SSSR count). The van der Waals surface area contributed by atoms with E-state index in [-0.39, 0.29) is 11.4 Å². The Morgan fingerprint density at radius 3 is 2.38 bits per heavy atom. The molecular formula is C19H30FN. The van der Waals surface area contributed by atoms with Gasteiger partial charge < -0.3 is 5.32 Å². The van der Waals surface area contributed by atoms with Crippen molar-refractivity contribution >= 4 is 0 Å². The van der Waals surface area contributed by atoms with Crippen molar-refractivity contribution in [3.8, 4) is 0 Å². The minimum Gasteiger partial charge on any atom is -0.312 e. The molecule has 1 aromatic rings. The summed E-state index contributed by atoms with van der Waals surface area (Å²) in [6.45, 7) is 7.71. The van der Waals surface area contributed by atoms with Crippen LogP contribution in [0.4, 0.5) is 4.39 Å². The third kappa shape index (κ3) is 5.43. The number of hydrogen-bond donors (Lipinski definition) is 1. The molecule has 1 aliphatic carbocycles. The fraction of sp³-hybridized carbons (Fsp3) is 0.684. The zero-order valence-corrected chi connectivity index (χ0v) is 13.8. The van der Waals surface area contributed by atoms with E-state index >= 15 is 0 Å². The summed E-state index contributed by atoms with van der Waals surface area (Å²) in [4.78, 5) is 0. The van der Waals surface area contributed by atoms with E-state index in [0.717, 1.165) is 18.5 Å². The Bertz CT molecular complexity index is 435. The summed E-state index contributed by atoms with van der Waals surface area (Å²) in [6, 6.07) is 7.28. The van der Waals surface area contributed by atoms with E-state index < -0.39 is 0 Å². The van der Waals surface area contributed by atoms with Gasteiger partial charge in [0, 0.05) is 5.54 Å². The first kappa shape index (κ1) is 16.5. The Morgan fingerprint density at radius 2 is 1.71 bits per heavy atom. The van der Waals surface area contributed by atoms with Gasteiger partial charge in [-0.25, -0.2) is 4.39 Å². The van der Waals surface area contributed by atoms with Gasteiger partial charge in [-0.3, -0.25) is 0 Å². The molecule has 118 valence electrons. The summed E-state index contributed by atoms with van der Waals surface area (Å²) >= 11 is 0. The molecule has 1 nitrogen and oxygen atoms in total. The third-order valence-corrected chi connectivity index (χ3v) is 4.65. The Morgan fingerprint density at radius 1 is 1.05 bits per heavy atom. The van der Waals surface area contributed by atoms with Crippen molar-refractivity contribution in [3.63, 3.8) is 0 Å². The van der Waals surface area contributed by atoms with E-state index in [1.165, 1.54) is 32.1 Å². The Kier molecular flexibility index (Phi) is 5.80. The molecule has 2 atom stereocenters. The van der Waals surface area contributed by atoms with Crippen molar-refractivity contribution in [1.29, 1.82) is 0 Å². The SMILES string of the molecule is CC(C)(C)NCC1CCCCCC1Cc1ccccc1F. The molecule has 1 aliphatic rings. The van der Waals surface area contributed by atoms with Gasteiger partial charge in [0.1, 0.15) is 5.82 Å². The molecular weight excluding hydrogens is 261 g/mol. The lowest BCUT2D eigenvalue weighted by molar-refractivity contribution is 0.268. The summed E-state index contributed by atoms with van der Waals surface area (Å²) < 4.78 is 13.9. The zero-order valence-electron chi connectivity index (χ0n) is 13.8. The summed E-state index contributed by atoms with van der Waals surface area (Å²) in [5.74, 6) is 1.25. The van der Waals surface area contributed by atoms with E-state index in [1.807, 2.05) is 12.1 Å². The quantitative estimate of drug-likeness (QED) is 0.774. The van der Waals surface area contributed by atoms with Crippen molar-refractivity contribution in [2.75, 3.05) is 6.54 Å². The van der Waals surface area contributed by atoms with Gasteiger partial charge in [0.15, 0.2) is 0 Å². The van der Waals surface area contributed by atoms with Crippen LogP contribution >= 0.6 is 0 Å². The molecule has 0 spiro atoms. The molecule has 1 aromatic carbocycles. The molecule has 2 heteroatoms. The monoisotopic (exact) mass is 291 g/mol. The second kappa shape index (κ2) is 7.40. The normalized spacial score (nSPS) is 23.8. The van der Waals surface area contributed by atoms with Crippen LogP contribution in [0.25, 0.3) is 0 Å².